The van der Waals surface area contributed by atoms with Gasteiger partial charge in [-0.05, 0) is 36.8 Å². The topological polar surface area (TPSA) is 52.6 Å². The first-order valence-corrected chi connectivity index (χ1v) is 8.65. The second-order valence-corrected chi connectivity index (χ2v) is 6.16. The number of Topliss-reactive ketones (excluding diaryl/α,β-unsaturated/α-hetero) is 1. The lowest BCUT2D eigenvalue weighted by Gasteiger charge is -2.08. The van der Waals surface area contributed by atoms with E-state index < -0.39 is 5.97 Å². The third kappa shape index (κ3) is 5.28. The van der Waals surface area contributed by atoms with E-state index in [1.54, 1.807) is 36.4 Å². The van der Waals surface area contributed by atoms with Crippen LogP contribution in [0.25, 0.3) is 0 Å². The Morgan fingerprint density at radius 2 is 1.44 bits per heavy atom. The molecule has 4 heteroatoms. The van der Waals surface area contributed by atoms with Crippen LogP contribution >= 0.6 is 0 Å². The van der Waals surface area contributed by atoms with Crippen LogP contribution < -0.4 is 4.74 Å². The summed E-state index contributed by atoms with van der Waals surface area (Å²) in [4.78, 5) is 24.1. The Balaban J connectivity index is 1.51. The minimum atomic E-state index is -0.523. The smallest absolute Gasteiger partial charge is 0.338 e. The number of esters is 1. The van der Waals surface area contributed by atoms with E-state index in [1.165, 1.54) is 5.56 Å². The molecule has 0 N–H and O–H groups in total. The highest BCUT2D eigenvalue weighted by atomic mass is 16.5. The maximum absolute atomic E-state index is 12.1. The van der Waals surface area contributed by atoms with Crippen LogP contribution in [-0.4, -0.2) is 18.4 Å². The van der Waals surface area contributed by atoms with Gasteiger partial charge < -0.3 is 9.47 Å². The van der Waals surface area contributed by atoms with Crippen LogP contribution in [0, 0.1) is 6.92 Å². The van der Waals surface area contributed by atoms with E-state index >= 15 is 0 Å². The van der Waals surface area contributed by atoms with Crippen LogP contribution in [-0.2, 0) is 11.3 Å². The summed E-state index contributed by atoms with van der Waals surface area (Å²) in [6.07, 6.45) is 0. The zero-order valence-corrected chi connectivity index (χ0v) is 15.1. The molecule has 0 saturated carbocycles. The van der Waals surface area contributed by atoms with E-state index in [4.69, 9.17) is 9.47 Å². The van der Waals surface area contributed by atoms with Crippen LogP contribution in [0.5, 0.6) is 5.75 Å². The molecule has 3 rings (SSSR count). The van der Waals surface area contributed by atoms with Crippen molar-refractivity contribution in [2.75, 3.05) is 6.61 Å². The average Bonchev–Trinajstić information content (AvgIpc) is 2.72. The summed E-state index contributed by atoms with van der Waals surface area (Å²) in [6.45, 7) is 2.15. The minimum Gasteiger partial charge on any atom is -0.489 e. The van der Waals surface area contributed by atoms with Crippen molar-refractivity contribution >= 4 is 11.8 Å². The minimum absolute atomic E-state index is 0.230. The van der Waals surface area contributed by atoms with Crippen LogP contribution in [0.2, 0.25) is 0 Å². The standard InChI is InChI=1S/C23H20O4/c1-17-7-13-21(14-8-17)26-15-18-9-11-20(12-10-18)23(25)27-16-22(24)19-5-3-2-4-6-19/h2-14H,15-16H2,1H3. The number of carbonyl (C=O) groups is 2. The summed E-state index contributed by atoms with van der Waals surface area (Å²) in [6, 6.07) is 23.5. The molecule has 4 nitrogen and oxygen atoms in total. The van der Waals surface area contributed by atoms with Gasteiger partial charge in [0.2, 0.25) is 0 Å². The van der Waals surface area contributed by atoms with Gasteiger partial charge in [-0.2, -0.15) is 0 Å². The molecule has 0 bridgehead atoms. The lowest BCUT2D eigenvalue weighted by atomic mass is 10.1. The summed E-state index contributed by atoms with van der Waals surface area (Å²) in [7, 11) is 0. The van der Waals surface area contributed by atoms with Gasteiger partial charge in [-0.3, -0.25) is 4.79 Å². The van der Waals surface area contributed by atoms with Gasteiger partial charge >= 0.3 is 5.97 Å². The molecule has 0 aromatic heterocycles. The van der Waals surface area contributed by atoms with Crippen LogP contribution in [0.1, 0.15) is 31.8 Å². The van der Waals surface area contributed by atoms with Gasteiger partial charge in [-0.25, -0.2) is 4.79 Å². The van der Waals surface area contributed by atoms with Crippen molar-refractivity contribution in [3.8, 4) is 5.75 Å². The highest BCUT2D eigenvalue weighted by Crippen LogP contribution is 2.14. The maximum atomic E-state index is 12.1. The molecule has 27 heavy (non-hydrogen) atoms. The van der Waals surface area contributed by atoms with Crippen LogP contribution in [0.4, 0.5) is 0 Å². The molecule has 3 aromatic rings. The molecule has 0 amide bonds. The first kappa shape index (κ1) is 18.4. The fraction of sp³-hybridized carbons (Fsp3) is 0.130. The van der Waals surface area contributed by atoms with Gasteiger partial charge in [0.05, 0.1) is 5.56 Å². The number of rotatable bonds is 7. The van der Waals surface area contributed by atoms with Crippen molar-refractivity contribution in [2.45, 2.75) is 13.5 Å². The second kappa shape index (κ2) is 8.81. The number of ether oxygens (including phenoxy) is 2. The molecule has 3 aromatic carbocycles. The molecule has 0 aliphatic rings. The number of carbonyl (C=O) groups excluding carboxylic acids is 2. The molecule has 0 radical (unpaired) electrons. The van der Waals surface area contributed by atoms with Gasteiger partial charge in [0.1, 0.15) is 12.4 Å². The first-order valence-electron chi connectivity index (χ1n) is 8.65. The Labute approximate surface area is 158 Å². The molecule has 0 spiro atoms. The van der Waals surface area contributed by atoms with E-state index in [-0.39, 0.29) is 12.4 Å². The summed E-state index contributed by atoms with van der Waals surface area (Å²) in [5.41, 5.74) is 3.03. The molecule has 0 heterocycles. The Morgan fingerprint density at radius 3 is 2.11 bits per heavy atom. The van der Waals surface area contributed by atoms with Crippen molar-refractivity contribution in [1.82, 2.24) is 0 Å². The molecule has 136 valence electrons. The van der Waals surface area contributed by atoms with Crippen LogP contribution in [0.15, 0.2) is 78.9 Å². The van der Waals surface area contributed by atoms with E-state index in [1.807, 2.05) is 49.4 Å². The monoisotopic (exact) mass is 360 g/mol. The average molecular weight is 360 g/mol. The quantitative estimate of drug-likeness (QED) is 0.456. The normalized spacial score (nSPS) is 10.3. The van der Waals surface area contributed by atoms with Crippen molar-refractivity contribution in [2.24, 2.45) is 0 Å². The fourth-order valence-electron chi connectivity index (χ4n) is 2.46. The molecule has 0 fully saturated rings. The second-order valence-electron chi connectivity index (χ2n) is 6.16. The van der Waals surface area contributed by atoms with Crippen molar-refractivity contribution < 1.29 is 19.1 Å². The largest absolute Gasteiger partial charge is 0.489 e. The lowest BCUT2D eigenvalue weighted by molar-refractivity contribution is 0.0474. The van der Waals surface area contributed by atoms with Gasteiger partial charge in [-0.15, -0.1) is 0 Å². The van der Waals surface area contributed by atoms with E-state index in [2.05, 4.69) is 0 Å². The molecular weight excluding hydrogens is 340 g/mol. The first-order chi connectivity index (χ1) is 13.1. The molecule has 0 atom stereocenters. The lowest BCUT2D eigenvalue weighted by Crippen LogP contribution is -2.14. The Bertz CT molecular complexity index is 897. The van der Waals surface area contributed by atoms with E-state index in [9.17, 15) is 9.59 Å². The Morgan fingerprint density at radius 1 is 0.778 bits per heavy atom. The number of hydrogen-bond donors (Lipinski definition) is 0. The van der Waals surface area contributed by atoms with Crippen molar-refractivity contribution in [1.29, 1.82) is 0 Å². The number of aryl methyl sites for hydroxylation is 1. The van der Waals surface area contributed by atoms with Crippen molar-refractivity contribution in [3.05, 3.63) is 101 Å². The van der Waals surface area contributed by atoms with E-state index in [0.29, 0.717) is 17.7 Å². The summed E-state index contributed by atoms with van der Waals surface area (Å²) < 4.78 is 10.8. The van der Waals surface area contributed by atoms with Gasteiger partial charge in [0, 0.05) is 5.56 Å². The predicted molar refractivity (Wildman–Crippen MR) is 103 cm³/mol. The molecule has 0 aliphatic heterocycles. The summed E-state index contributed by atoms with van der Waals surface area (Å²) >= 11 is 0. The Hall–Kier alpha value is -3.40. The number of hydrogen-bond acceptors (Lipinski definition) is 4. The molecule has 0 saturated heterocycles. The Kier molecular flexibility index (Phi) is 6.00. The zero-order chi connectivity index (χ0) is 19.1. The molecule has 0 aliphatic carbocycles. The number of ketones is 1. The van der Waals surface area contributed by atoms with Gasteiger partial charge in [0.25, 0.3) is 0 Å². The summed E-state index contributed by atoms with van der Waals surface area (Å²) in [5, 5.41) is 0. The van der Waals surface area contributed by atoms with Crippen molar-refractivity contribution in [3.63, 3.8) is 0 Å². The third-order valence-electron chi connectivity index (χ3n) is 4.05. The highest BCUT2D eigenvalue weighted by Gasteiger charge is 2.11. The predicted octanol–water partition coefficient (Wildman–Crippen LogP) is 4.61. The SMILES string of the molecule is Cc1ccc(OCc2ccc(C(=O)OCC(=O)c3ccccc3)cc2)cc1. The maximum Gasteiger partial charge on any atom is 0.338 e. The summed E-state index contributed by atoms with van der Waals surface area (Å²) in [5.74, 6) is 0.0425. The highest BCUT2D eigenvalue weighted by molar-refractivity contribution is 5.99. The third-order valence-corrected chi connectivity index (χ3v) is 4.05. The van der Waals surface area contributed by atoms with Crippen LogP contribution in [0.3, 0.4) is 0 Å². The van der Waals surface area contributed by atoms with Gasteiger partial charge in [-0.1, -0.05) is 60.2 Å². The molecule has 0 unspecified atom stereocenters. The fourth-order valence-corrected chi connectivity index (χ4v) is 2.46. The van der Waals surface area contributed by atoms with Gasteiger partial charge in [0.15, 0.2) is 12.4 Å². The van der Waals surface area contributed by atoms with E-state index in [0.717, 1.165) is 11.3 Å². The zero-order valence-electron chi connectivity index (χ0n) is 15.1. The molecular formula is C23H20O4. The number of benzene rings is 3.